The lowest BCUT2D eigenvalue weighted by atomic mass is 9.98. The molecule has 19 heavy (non-hydrogen) atoms. The van der Waals surface area contributed by atoms with Crippen LogP contribution in [0.3, 0.4) is 0 Å². The van der Waals surface area contributed by atoms with Crippen LogP contribution in [0.15, 0.2) is 6.20 Å². The first-order valence-electron chi connectivity index (χ1n) is 5.77. The molecule has 1 amide bonds. The van der Waals surface area contributed by atoms with Crippen LogP contribution in [0.25, 0.3) is 0 Å². The first-order chi connectivity index (χ1) is 8.86. The van der Waals surface area contributed by atoms with Crippen LogP contribution in [0.1, 0.15) is 23.0 Å². The second-order valence-corrected chi connectivity index (χ2v) is 4.85. The summed E-state index contributed by atoms with van der Waals surface area (Å²) in [6.45, 7) is 0.652. The molecule has 0 aromatic carbocycles. The number of rotatable bonds is 0. The summed E-state index contributed by atoms with van der Waals surface area (Å²) in [5, 5.41) is 8.91. The molecule has 2 atom stereocenters. The minimum absolute atomic E-state index is 0.0175. The van der Waals surface area contributed by atoms with Gasteiger partial charge in [-0.3, -0.25) is 0 Å². The van der Waals surface area contributed by atoms with Crippen molar-refractivity contribution >= 4 is 6.09 Å². The summed E-state index contributed by atoms with van der Waals surface area (Å²) in [7, 11) is 0. The van der Waals surface area contributed by atoms with Crippen molar-refractivity contribution in [1.82, 2.24) is 14.9 Å². The van der Waals surface area contributed by atoms with E-state index in [0.29, 0.717) is 30.8 Å². The topological polar surface area (TPSA) is 66.3 Å². The molecule has 102 valence electrons. The molecule has 0 spiro atoms. The Labute approximate surface area is 106 Å². The minimum Gasteiger partial charge on any atom is -0.465 e. The van der Waals surface area contributed by atoms with E-state index in [1.807, 2.05) is 0 Å². The number of likely N-dealkylation sites (tertiary alicyclic amines) is 1. The molecule has 2 aliphatic rings. The van der Waals surface area contributed by atoms with Gasteiger partial charge < -0.3 is 10.0 Å². The van der Waals surface area contributed by atoms with Gasteiger partial charge in [0.15, 0.2) is 0 Å². The Bertz CT molecular complexity index is 546. The van der Waals surface area contributed by atoms with Crippen LogP contribution in [0.5, 0.6) is 0 Å². The van der Waals surface area contributed by atoms with Crippen LogP contribution in [0, 0.1) is 5.92 Å². The fourth-order valence-corrected chi connectivity index (χ4v) is 2.87. The number of carbonyl (C=O) groups is 1. The van der Waals surface area contributed by atoms with Crippen LogP contribution in [0.4, 0.5) is 18.0 Å². The van der Waals surface area contributed by atoms with Crippen LogP contribution in [-0.2, 0) is 12.6 Å². The molecule has 0 saturated carbocycles. The molecule has 1 aliphatic heterocycles. The second-order valence-electron chi connectivity index (χ2n) is 4.85. The summed E-state index contributed by atoms with van der Waals surface area (Å²) >= 11 is 0. The second kappa shape index (κ2) is 3.82. The van der Waals surface area contributed by atoms with Crippen LogP contribution in [0.2, 0.25) is 0 Å². The van der Waals surface area contributed by atoms with Gasteiger partial charge in [-0.25, -0.2) is 14.8 Å². The van der Waals surface area contributed by atoms with E-state index in [2.05, 4.69) is 9.97 Å². The van der Waals surface area contributed by atoms with Crippen molar-refractivity contribution in [2.75, 3.05) is 13.1 Å². The number of halogens is 3. The molecule has 5 nitrogen and oxygen atoms in total. The third-order valence-corrected chi connectivity index (χ3v) is 3.72. The normalized spacial score (nSPS) is 25.3. The Morgan fingerprint density at radius 1 is 1.42 bits per heavy atom. The molecule has 1 saturated heterocycles. The van der Waals surface area contributed by atoms with Crippen molar-refractivity contribution in [2.24, 2.45) is 5.92 Å². The third-order valence-electron chi connectivity index (χ3n) is 3.72. The van der Waals surface area contributed by atoms with Crippen molar-refractivity contribution in [3.63, 3.8) is 0 Å². The number of hydrogen-bond acceptors (Lipinski definition) is 3. The van der Waals surface area contributed by atoms with E-state index in [1.165, 1.54) is 11.1 Å². The lowest BCUT2D eigenvalue weighted by Gasteiger charge is -2.13. The van der Waals surface area contributed by atoms with Crippen molar-refractivity contribution in [2.45, 2.75) is 18.5 Å². The van der Waals surface area contributed by atoms with Gasteiger partial charge in [0.2, 0.25) is 5.82 Å². The Kier molecular flexibility index (Phi) is 2.45. The zero-order chi connectivity index (χ0) is 13.8. The fourth-order valence-electron chi connectivity index (χ4n) is 2.87. The van der Waals surface area contributed by atoms with Gasteiger partial charge in [-0.1, -0.05) is 0 Å². The third kappa shape index (κ3) is 1.91. The Hall–Kier alpha value is -1.86. The fraction of sp³-hybridized carbons (Fsp3) is 0.545. The van der Waals surface area contributed by atoms with E-state index < -0.39 is 18.1 Å². The minimum atomic E-state index is -4.54. The average molecular weight is 273 g/mol. The number of alkyl halides is 3. The maximum Gasteiger partial charge on any atom is 0.451 e. The van der Waals surface area contributed by atoms with Crippen LogP contribution < -0.4 is 0 Å². The van der Waals surface area contributed by atoms with Gasteiger partial charge in [-0.05, 0) is 17.9 Å². The van der Waals surface area contributed by atoms with E-state index in [1.54, 1.807) is 0 Å². The molecule has 8 heteroatoms. The molecule has 1 fully saturated rings. The summed E-state index contributed by atoms with van der Waals surface area (Å²) in [6, 6.07) is 0. The molecule has 1 aromatic heterocycles. The quantitative estimate of drug-likeness (QED) is 0.782. The summed E-state index contributed by atoms with van der Waals surface area (Å²) in [4.78, 5) is 19.1. The lowest BCUT2D eigenvalue weighted by Crippen LogP contribution is -2.27. The summed E-state index contributed by atoms with van der Waals surface area (Å²) in [6.07, 6.45) is -3.96. The highest BCUT2D eigenvalue weighted by Gasteiger charge is 2.44. The van der Waals surface area contributed by atoms with E-state index >= 15 is 0 Å². The van der Waals surface area contributed by atoms with E-state index in [0.717, 1.165) is 0 Å². The molecule has 1 aliphatic carbocycles. The maximum atomic E-state index is 12.5. The van der Waals surface area contributed by atoms with E-state index in [-0.39, 0.29) is 11.8 Å². The monoisotopic (exact) mass is 273 g/mol. The molecule has 1 aromatic rings. The van der Waals surface area contributed by atoms with Crippen molar-refractivity contribution < 1.29 is 23.1 Å². The maximum absolute atomic E-state index is 12.5. The van der Waals surface area contributed by atoms with Gasteiger partial charge in [-0.15, -0.1) is 0 Å². The van der Waals surface area contributed by atoms with Gasteiger partial charge in [0.25, 0.3) is 0 Å². The van der Waals surface area contributed by atoms with E-state index in [9.17, 15) is 18.0 Å². The number of fused-ring (bicyclic) bond motifs is 3. The number of aromatic nitrogens is 2. The predicted octanol–water partition coefficient (Wildman–Crippen LogP) is 1.74. The molecule has 1 N–H and O–H groups in total. The average Bonchev–Trinajstić information content (AvgIpc) is 2.83. The highest BCUT2D eigenvalue weighted by Crippen LogP contribution is 2.42. The lowest BCUT2D eigenvalue weighted by molar-refractivity contribution is -0.145. The number of hydrogen-bond donors (Lipinski definition) is 1. The molecule has 2 unspecified atom stereocenters. The standard InChI is InChI=1S/C11H10F3N3O2/c12-11(13,14)9-15-2-6-7-4-17(10(18)19)3-5(7)1-8(6)16-9/h2,5,7H,1,3-4H2,(H,18,19). The SMILES string of the molecule is O=C(O)N1CC2Cc3nc(C(F)(F)F)ncc3C2C1. The molecular weight excluding hydrogens is 263 g/mol. The van der Waals surface area contributed by atoms with Gasteiger partial charge >= 0.3 is 12.3 Å². The van der Waals surface area contributed by atoms with Crippen molar-refractivity contribution in [1.29, 1.82) is 0 Å². The first-order valence-corrected chi connectivity index (χ1v) is 5.77. The van der Waals surface area contributed by atoms with Gasteiger partial charge in [0, 0.05) is 30.9 Å². The number of nitrogens with zero attached hydrogens (tertiary/aromatic N) is 3. The highest BCUT2D eigenvalue weighted by atomic mass is 19.4. The highest BCUT2D eigenvalue weighted by molar-refractivity contribution is 5.66. The largest absolute Gasteiger partial charge is 0.465 e. The summed E-state index contributed by atoms with van der Waals surface area (Å²) < 4.78 is 37.5. The number of carboxylic acid groups (broad SMARTS) is 1. The van der Waals surface area contributed by atoms with Crippen LogP contribution in [-0.4, -0.2) is 39.2 Å². The molecule has 3 rings (SSSR count). The van der Waals surface area contributed by atoms with Crippen molar-refractivity contribution in [3.05, 3.63) is 23.3 Å². The van der Waals surface area contributed by atoms with Gasteiger partial charge in [-0.2, -0.15) is 13.2 Å². The smallest absolute Gasteiger partial charge is 0.451 e. The Balaban J connectivity index is 1.90. The van der Waals surface area contributed by atoms with Crippen molar-refractivity contribution in [3.8, 4) is 0 Å². The Morgan fingerprint density at radius 3 is 2.79 bits per heavy atom. The molecule has 0 radical (unpaired) electrons. The van der Waals surface area contributed by atoms with Gasteiger partial charge in [0.1, 0.15) is 0 Å². The van der Waals surface area contributed by atoms with Crippen LogP contribution >= 0.6 is 0 Å². The van der Waals surface area contributed by atoms with E-state index in [4.69, 9.17) is 5.11 Å². The Morgan fingerprint density at radius 2 is 2.16 bits per heavy atom. The molecular formula is C11H10F3N3O2. The predicted molar refractivity (Wildman–Crippen MR) is 56.6 cm³/mol. The molecule has 2 heterocycles. The summed E-state index contributed by atoms with van der Waals surface area (Å²) in [5.41, 5.74) is 1.06. The first kappa shape index (κ1) is 12.2. The van der Waals surface area contributed by atoms with Gasteiger partial charge in [0.05, 0.1) is 0 Å². The zero-order valence-electron chi connectivity index (χ0n) is 9.68. The zero-order valence-corrected chi connectivity index (χ0v) is 9.68. The summed E-state index contributed by atoms with van der Waals surface area (Å²) in [5.74, 6) is -1.18. The number of amides is 1. The molecule has 0 bridgehead atoms.